The molecule has 1 aromatic heterocycles. The number of halogens is 2. The second-order valence-electron chi connectivity index (χ2n) is 4.72. The van der Waals surface area contributed by atoms with E-state index >= 15 is 0 Å². The zero-order chi connectivity index (χ0) is 13.8. The number of hydrogen-bond donors (Lipinski definition) is 1. The highest BCUT2D eigenvalue weighted by molar-refractivity contribution is 9.10. The number of rotatable bonds is 5. The van der Waals surface area contributed by atoms with Gasteiger partial charge in [0.15, 0.2) is 0 Å². The summed E-state index contributed by atoms with van der Waals surface area (Å²) in [4.78, 5) is 0. The van der Waals surface area contributed by atoms with E-state index in [1.54, 1.807) is 6.07 Å². The van der Waals surface area contributed by atoms with Crippen LogP contribution in [0.25, 0.3) is 0 Å². The first-order chi connectivity index (χ1) is 9.06. The minimum atomic E-state index is -0.218. The lowest BCUT2D eigenvalue weighted by Crippen LogP contribution is -2.14. The summed E-state index contributed by atoms with van der Waals surface area (Å²) in [5.74, 6) is -0.218. The average molecular weight is 326 g/mol. The van der Waals surface area contributed by atoms with Crippen LogP contribution >= 0.6 is 15.9 Å². The van der Waals surface area contributed by atoms with Gasteiger partial charge in [0.2, 0.25) is 0 Å². The van der Waals surface area contributed by atoms with Crippen LogP contribution in [0.4, 0.5) is 4.39 Å². The van der Waals surface area contributed by atoms with Crippen LogP contribution in [0.2, 0.25) is 0 Å². The minimum absolute atomic E-state index is 0.218. The normalized spacial score (nSPS) is 11.2. The zero-order valence-electron chi connectivity index (χ0n) is 11.0. The molecule has 0 aliphatic rings. The Morgan fingerprint density at radius 1 is 1.32 bits per heavy atom. The third-order valence-corrected chi connectivity index (χ3v) is 3.60. The fourth-order valence-corrected chi connectivity index (χ4v) is 2.15. The molecule has 0 saturated heterocycles. The van der Waals surface area contributed by atoms with Crippen LogP contribution in [-0.4, -0.2) is 9.78 Å². The smallest absolute Gasteiger partial charge is 0.123 e. The molecule has 0 amide bonds. The standard InChI is InChI=1S/C14H17BrFN3/c1-10(2)19-6-5-13(18-19)9-17-8-11-7-12(16)3-4-14(11)15/h3-7,10,17H,8-9H2,1-2H3. The van der Waals surface area contributed by atoms with E-state index in [0.29, 0.717) is 19.1 Å². The molecule has 3 nitrogen and oxygen atoms in total. The third-order valence-electron chi connectivity index (χ3n) is 2.82. The molecule has 5 heteroatoms. The summed E-state index contributed by atoms with van der Waals surface area (Å²) in [5, 5.41) is 7.72. The molecule has 0 radical (unpaired) electrons. The first-order valence-electron chi connectivity index (χ1n) is 6.25. The Hall–Kier alpha value is -1.20. The van der Waals surface area contributed by atoms with Crippen molar-refractivity contribution >= 4 is 15.9 Å². The van der Waals surface area contributed by atoms with E-state index in [2.05, 4.69) is 40.2 Å². The highest BCUT2D eigenvalue weighted by atomic mass is 79.9. The zero-order valence-corrected chi connectivity index (χ0v) is 12.6. The molecule has 0 aliphatic carbocycles. The Balaban J connectivity index is 1.90. The van der Waals surface area contributed by atoms with Gasteiger partial charge in [-0.25, -0.2) is 4.39 Å². The van der Waals surface area contributed by atoms with Crippen molar-refractivity contribution in [3.8, 4) is 0 Å². The number of aromatic nitrogens is 2. The molecule has 1 aromatic carbocycles. The summed E-state index contributed by atoms with van der Waals surface area (Å²) < 4.78 is 16.0. The van der Waals surface area contributed by atoms with Gasteiger partial charge in [-0.05, 0) is 43.7 Å². The maximum absolute atomic E-state index is 13.1. The SMILES string of the molecule is CC(C)n1ccc(CNCc2cc(F)ccc2Br)n1. The first kappa shape index (κ1) is 14.2. The molecular weight excluding hydrogens is 309 g/mol. The summed E-state index contributed by atoms with van der Waals surface area (Å²) in [6.45, 7) is 5.46. The predicted octanol–water partition coefficient (Wildman–Crippen LogP) is 3.66. The molecule has 19 heavy (non-hydrogen) atoms. The van der Waals surface area contributed by atoms with Crippen LogP contribution in [0.5, 0.6) is 0 Å². The van der Waals surface area contributed by atoms with Crippen LogP contribution in [-0.2, 0) is 13.1 Å². The van der Waals surface area contributed by atoms with Gasteiger partial charge in [0.25, 0.3) is 0 Å². The van der Waals surface area contributed by atoms with E-state index < -0.39 is 0 Å². The molecule has 0 saturated carbocycles. The quantitative estimate of drug-likeness (QED) is 0.909. The molecule has 0 atom stereocenters. The van der Waals surface area contributed by atoms with Crippen molar-refractivity contribution in [3.63, 3.8) is 0 Å². The predicted molar refractivity (Wildman–Crippen MR) is 77.3 cm³/mol. The van der Waals surface area contributed by atoms with Crippen LogP contribution in [0.1, 0.15) is 31.1 Å². The Morgan fingerprint density at radius 2 is 2.11 bits per heavy atom. The van der Waals surface area contributed by atoms with Gasteiger partial charge in [-0.1, -0.05) is 15.9 Å². The first-order valence-corrected chi connectivity index (χ1v) is 7.04. The Bertz CT molecular complexity index is 551. The van der Waals surface area contributed by atoms with Crippen molar-refractivity contribution in [2.45, 2.75) is 33.0 Å². The maximum atomic E-state index is 13.1. The van der Waals surface area contributed by atoms with Crippen molar-refractivity contribution in [1.82, 2.24) is 15.1 Å². The van der Waals surface area contributed by atoms with Crippen molar-refractivity contribution in [2.75, 3.05) is 0 Å². The van der Waals surface area contributed by atoms with Gasteiger partial charge in [-0.3, -0.25) is 4.68 Å². The van der Waals surface area contributed by atoms with E-state index in [1.165, 1.54) is 12.1 Å². The summed E-state index contributed by atoms with van der Waals surface area (Å²) >= 11 is 3.41. The van der Waals surface area contributed by atoms with Crippen molar-refractivity contribution in [1.29, 1.82) is 0 Å². The van der Waals surface area contributed by atoms with E-state index in [0.717, 1.165) is 15.7 Å². The van der Waals surface area contributed by atoms with Gasteiger partial charge in [0.1, 0.15) is 5.82 Å². The molecule has 0 spiro atoms. The van der Waals surface area contributed by atoms with Crippen molar-refractivity contribution in [3.05, 3.63) is 52.0 Å². The minimum Gasteiger partial charge on any atom is -0.307 e. The number of hydrogen-bond acceptors (Lipinski definition) is 2. The molecule has 1 heterocycles. The van der Waals surface area contributed by atoms with E-state index in [9.17, 15) is 4.39 Å². The van der Waals surface area contributed by atoms with Gasteiger partial charge < -0.3 is 5.32 Å². The highest BCUT2D eigenvalue weighted by Gasteiger charge is 2.04. The lowest BCUT2D eigenvalue weighted by molar-refractivity contribution is 0.521. The summed E-state index contributed by atoms with van der Waals surface area (Å²) in [7, 11) is 0. The largest absolute Gasteiger partial charge is 0.307 e. The summed E-state index contributed by atoms with van der Waals surface area (Å²) in [6, 6.07) is 7.06. The van der Waals surface area contributed by atoms with Crippen molar-refractivity contribution in [2.24, 2.45) is 0 Å². The average Bonchev–Trinajstić information content (AvgIpc) is 2.82. The highest BCUT2D eigenvalue weighted by Crippen LogP contribution is 2.17. The number of benzene rings is 1. The van der Waals surface area contributed by atoms with Crippen LogP contribution in [0.3, 0.4) is 0 Å². The molecule has 1 N–H and O–H groups in total. The molecule has 0 unspecified atom stereocenters. The topological polar surface area (TPSA) is 29.9 Å². The van der Waals surface area contributed by atoms with Gasteiger partial charge in [0, 0.05) is 29.8 Å². The summed E-state index contributed by atoms with van der Waals surface area (Å²) in [5.41, 5.74) is 1.89. The molecule has 0 bridgehead atoms. The van der Waals surface area contributed by atoms with E-state index in [-0.39, 0.29) is 5.82 Å². The van der Waals surface area contributed by atoms with Gasteiger partial charge in [0.05, 0.1) is 5.69 Å². The van der Waals surface area contributed by atoms with Gasteiger partial charge in [-0.15, -0.1) is 0 Å². The van der Waals surface area contributed by atoms with Gasteiger partial charge in [-0.2, -0.15) is 5.10 Å². The van der Waals surface area contributed by atoms with Crippen LogP contribution in [0, 0.1) is 5.82 Å². The lowest BCUT2D eigenvalue weighted by Gasteiger charge is -2.06. The maximum Gasteiger partial charge on any atom is 0.123 e. The lowest BCUT2D eigenvalue weighted by atomic mass is 10.2. The van der Waals surface area contributed by atoms with Gasteiger partial charge >= 0.3 is 0 Å². The molecule has 102 valence electrons. The van der Waals surface area contributed by atoms with Crippen LogP contribution < -0.4 is 5.32 Å². The van der Waals surface area contributed by atoms with E-state index in [1.807, 2.05) is 16.9 Å². The van der Waals surface area contributed by atoms with Crippen LogP contribution in [0.15, 0.2) is 34.9 Å². The second-order valence-corrected chi connectivity index (χ2v) is 5.57. The Labute approximate surface area is 121 Å². The second kappa shape index (κ2) is 6.30. The van der Waals surface area contributed by atoms with E-state index in [4.69, 9.17) is 0 Å². The molecule has 0 aliphatic heterocycles. The fourth-order valence-electron chi connectivity index (χ4n) is 1.76. The monoisotopic (exact) mass is 325 g/mol. The Kier molecular flexibility index (Phi) is 4.71. The Morgan fingerprint density at radius 3 is 2.79 bits per heavy atom. The number of nitrogens with one attached hydrogen (secondary N) is 1. The molecule has 2 rings (SSSR count). The molecule has 2 aromatic rings. The number of nitrogens with zero attached hydrogens (tertiary/aromatic N) is 2. The third kappa shape index (κ3) is 3.88. The summed E-state index contributed by atoms with van der Waals surface area (Å²) in [6.07, 6.45) is 1.97. The molecule has 0 fully saturated rings. The van der Waals surface area contributed by atoms with Crippen molar-refractivity contribution < 1.29 is 4.39 Å². The molecular formula is C14H17BrFN3. The fraction of sp³-hybridized carbons (Fsp3) is 0.357.